The second-order valence-corrected chi connectivity index (χ2v) is 12.1. The van der Waals surface area contributed by atoms with E-state index in [4.69, 9.17) is 14.4 Å². The topological polar surface area (TPSA) is 50.2 Å². The van der Waals surface area contributed by atoms with Crippen molar-refractivity contribution in [1.29, 1.82) is 0 Å². The number of rotatable bonds is 5. The molecule has 0 fully saturated rings. The molecule has 1 aromatic heterocycles. The minimum Gasteiger partial charge on any atom is -0.456 e. The van der Waals surface area contributed by atoms with Crippen molar-refractivity contribution in [3.63, 3.8) is 0 Å². The third kappa shape index (κ3) is 5.85. The maximum absolute atomic E-state index is 6.50. The first-order valence-corrected chi connectivity index (χ1v) is 16.4. The predicted molar refractivity (Wildman–Crippen MR) is 206 cm³/mol. The van der Waals surface area contributed by atoms with Crippen LogP contribution in [0.25, 0.3) is 38.7 Å². The molecule has 2 aliphatic carbocycles. The predicted octanol–water partition coefficient (Wildman–Crippen LogP) is 11.1. The fourth-order valence-electron chi connectivity index (χ4n) is 6.67. The maximum Gasteiger partial charge on any atom is 0.161 e. The Morgan fingerprint density at radius 2 is 1.43 bits per heavy atom. The van der Waals surface area contributed by atoms with Crippen molar-refractivity contribution in [3.8, 4) is 0 Å². The van der Waals surface area contributed by atoms with Crippen LogP contribution in [-0.4, -0.2) is 18.4 Å². The standard InChI is InChI=1S/C45H33N3O/c1-30-13-11-18-33-27-34(38-20-10-9-19-37(33)38)23-25-36(30)35-24-26-39-42(28-35)49-41-22-12-21-40(43(39)41)45(46-2)48-44(32-16-7-4-8-17-32)47-29-31-14-5-3-6-15-31/h3-26,28H,1-2,27,29H2/b13-11-,33-18+,34-23+,36-25+,47-44?,48-45?. The zero-order valence-electron chi connectivity index (χ0n) is 27.0. The summed E-state index contributed by atoms with van der Waals surface area (Å²) in [7, 11) is 0. The van der Waals surface area contributed by atoms with Crippen molar-refractivity contribution < 1.29 is 4.42 Å². The minimum atomic E-state index is 0.484. The van der Waals surface area contributed by atoms with E-state index >= 15 is 0 Å². The zero-order chi connectivity index (χ0) is 33.2. The highest BCUT2D eigenvalue weighted by molar-refractivity contribution is 6.22. The lowest BCUT2D eigenvalue weighted by Crippen LogP contribution is -2.06. The number of hydrogen-bond donors (Lipinski definition) is 0. The molecule has 2 aliphatic rings. The summed E-state index contributed by atoms with van der Waals surface area (Å²) in [6.45, 7) is 8.85. The molecule has 49 heavy (non-hydrogen) atoms. The average Bonchev–Trinajstić information content (AvgIpc) is 3.70. The van der Waals surface area contributed by atoms with Gasteiger partial charge in [0.2, 0.25) is 0 Å². The highest BCUT2D eigenvalue weighted by atomic mass is 16.3. The van der Waals surface area contributed by atoms with Crippen LogP contribution >= 0.6 is 0 Å². The third-order valence-corrected chi connectivity index (χ3v) is 9.09. The third-order valence-electron chi connectivity index (χ3n) is 9.09. The minimum absolute atomic E-state index is 0.484. The normalized spacial score (nSPS) is 18.6. The summed E-state index contributed by atoms with van der Waals surface area (Å²) >= 11 is 0. The zero-order valence-corrected chi connectivity index (χ0v) is 27.0. The Labute approximate surface area is 285 Å². The van der Waals surface area contributed by atoms with E-state index in [0.29, 0.717) is 18.2 Å². The van der Waals surface area contributed by atoms with Crippen LogP contribution in [0.2, 0.25) is 0 Å². The summed E-state index contributed by atoms with van der Waals surface area (Å²) < 4.78 is 6.50. The molecule has 0 atom stereocenters. The van der Waals surface area contributed by atoms with E-state index in [1.165, 1.54) is 22.3 Å². The van der Waals surface area contributed by atoms with E-state index in [1.807, 2.05) is 66.7 Å². The van der Waals surface area contributed by atoms with Gasteiger partial charge in [-0.2, -0.15) is 0 Å². The fraction of sp³-hybridized carbons (Fsp3) is 0.0444. The second-order valence-electron chi connectivity index (χ2n) is 12.1. The summed E-state index contributed by atoms with van der Waals surface area (Å²) in [5.74, 6) is 1.08. The molecule has 234 valence electrons. The van der Waals surface area contributed by atoms with E-state index in [9.17, 15) is 0 Å². The molecular formula is C45H33N3O. The van der Waals surface area contributed by atoms with Gasteiger partial charge < -0.3 is 4.42 Å². The Morgan fingerprint density at radius 1 is 0.694 bits per heavy atom. The number of nitrogens with zero attached hydrogens (tertiary/aromatic N) is 3. The molecule has 0 unspecified atom stereocenters. The van der Waals surface area contributed by atoms with Crippen LogP contribution in [0.5, 0.6) is 0 Å². The first-order valence-electron chi connectivity index (χ1n) is 16.4. The smallest absolute Gasteiger partial charge is 0.161 e. The molecule has 0 N–H and O–H groups in total. The van der Waals surface area contributed by atoms with E-state index in [2.05, 4.69) is 103 Å². The molecule has 0 aliphatic heterocycles. The SMILES string of the molecule is C=NC(=NC(=NCc1ccccc1)c1ccccc1)c1cccc2oc3cc(/C4=C/C=C5\C/C(=C\C=C/C4=C)c4ccccc45)ccc3c12. The van der Waals surface area contributed by atoms with E-state index in [0.717, 1.165) is 61.8 Å². The van der Waals surface area contributed by atoms with Gasteiger partial charge in [-0.15, -0.1) is 0 Å². The highest BCUT2D eigenvalue weighted by Crippen LogP contribution is 2.42. The first-order chi connectivity index (χ1) is 24.2. The van der Waals surface area contributed by atoms with Crippen LogP contribution in [0.1, 0.15) is 39.8 Å². The summed E-state index contributed by atoms with van der Waals surface area (Å²) in [4.78, 5) is 14.4. The molecule has 4 nitrogen and oxygen atoms in total. The average molecular weight is 632 g/mol. The summed E-state index contributed by atoms with van der Waals surface area (Å²) in [6.07, 6.45) is 11.7. The quantitative estimate of drug-likeness (QED) is 0.138. The van der Waals surface area contributed by atoms with Crippen molar-refractivity contribution in [2.45, 2.75) is 13.0 Å². The number of allylic oxidation sites excluding steroid dienone is 9. The lowest BCUT2D eigenvalue weighted by molar-refractivity contribution is 0.669. The van der Waals surface area contributed by atoms with Gasteiger partial charge in [0.1, 0.15) is 11.2 Å². The van der Waals surface area contributed by atoms with Crippen LogP contribution < -0.4 is 0 Å². The van der Waals surface area contributed by atoms with E-state index in [-0.39, 0.29) is 0 Å². The number of hydrogen-bond acceptors (Lipinski definition) is 2. The summed E-state index contributed by atoms with van der Waals surface area (Å²) in [5.41, 5.74) is 12.6. The van der Waals surface area contributed by atoms with Gasteiger partial charge in [-0.25, -0.2) is 9.98 Å². The Kier molecular flexibility index (Phi) is 7.96. The van der Waals surface area contributed by atoms with Crippen LogP contribution in [0.3, 0.4) is 0 Å². The largest absolute Gasteiger partial charge is 0.456 e. The van der Waals surface area contributed by atoms with Crippen molar-refractivity contribution in [2.24, 2.45) is 15.0 Å². The first kappa shape index (κ1) is 30.0. The maximum atomic E-state index is 6.50. The molecule has 4 heteroatoms. The van der Waals surface area contributed by atoms with Crippen molar-refractivity contribution in [3.05, 3.63) is 197 Å². The van der Waals surface area contributed by atoms with Gasteiger partial charge in [-0.05, 0) is 75.9 Å². The van der Waals surface area contributed by atoms with Gasteiger partial charge in [0.15, 0.2) is 11.7 Å². The molecule has 8 rings (SSSR count). The number of furan rings is 1. The Balaban J connectivity index is 1.21. The molecule has 1 heterocycles. The molecule has 0 spiro atoms. The van der Waals surface area contributed by atoms with Crippen molar-refractivity contribution >= 4 is 57.0 Å². The number of amidine groups is 2. The van der Waals surface area contributed by atoms with Crippen LogP contribution in [0, 0.1) is 0 Å². The highest BCUT2D eigenvalue weighted by Gasteiger charge is 2.21. The van der Waals surface area contributed by atoms with E-state index < -0.39 is 0 Å². The fourth-order valence-corrected chi connectivity index (χ4v) is 6.67. The van der Waals surface area contributed by atoms with Gasteiger partial charge in [0.05, 0.1) is 6.54 Å². The Bertz CT molecular complexity index is 2450. The lowest BCUT2D eigenvalue weighted by atomic mass is 9.95. The molecule has 0 saturated carbocycles. The molecule has 0 radical (unpaired) electrons. The number of aliphatic imine (C=N–C) groups is 3. The molecule has 0 amide bonds. The van der Waals surface area contributed by atoms with Gasteiger partial charge in [-0.1, -0.05) is 140 Å². The number of benzene rings is 5. The van der Waals surface area contributed by atoms with Gasteiger partial charge in [0, 0.05) is 21.9 Å². The molecule has 0 saturated heterocycles. The van der Waals surface area contributed by atoms with Gasteiger partial charge in [-0.3, -0.25) is 4.99 Å². The second kappa shape index (κ2) is 13.0. The molecule has 2 bridgehead atoms. The number of fused-ring (bicyclic) bond motifs is 8. The van der Waals surface area contributed by atoms with Crippen LogP contribution in [0.4, 0.5) is 0 Å². The van der Waals surface area contributed by atoms with Crippen molar-refractivity contribution in [1.82, 2.24) is 0 Å². The molecule has 6 aromatic rings. The van der Waals surface area contributed by atoms with E-state index in [1.54, 1.807) is 0 Å². The van der Waals surface area contributed by atoms with Gasteiger partial charge >= 0.3 is 0 Å². The molecular weight excluding hydrogens is 599 g/mol. The van der Waals surface area contributed by atoms with Gasteiger partial charge in [0.25, 0.3) is 0 Å². The monoisotopic (exact) mass is 631 g/mol. The lowest BCUT2D eigenvalue weighted by Gasteiger charge is -2.09. The van der Waals surface area contributed by atoms with Crippen LogP contribution in [0.15, 0.2) is 183 Å². The summed E-state index contributed by atoms with van der Waals surface area (Å²) in [6, 6.07) is 41.1. The molecule has 5 aromatic carbocycles. The Hall–Kier alpha value is -6.39. The van der Waals surface area contributed by atoms with Crippen molar-refractivity contribution in [2.75, 3.05) is 0 Å². The Morgan fingerprint density at radius 3 is 2.20 bits per heavy atom. The summed E-state index contributed by atoms with van der Waals surface area (Å²) in [5, 5.41) is 1.91. The van der Waals surface area contributed by atoms with Crippen LogP contribution in [-0.2, 0) is 6.54 Å².